The summed E-state index contributed by atoms with van der Waals surface area (Å²) < 4.78 is 2.40. The highest BCUT2D eigenvalue weighted by Crippen LogP contribution is 1.90. The van der Waals surface area contributed by atoms with Crippen LogP contribution in [-0.2, 0) is 4.79 Å². The summed E-state index contributed by atoms with van der Waals surface area (Å²) in [5.74, 6) is 1.34. The number of carbonyl (C=O) groups excluding carboxylic acids is 1. The SMILES string of the molecule is O=CNSCCCl. The van der Waals surface area contributed by atoms with Crippen molar-refractivity contribution in [3.8, 4) is 0 Å². The van der Waals surface area contributed by atoms with E-state index in [1.165, 1.54) is 11.9 Å². The van der Waals surface area contributed by atoms with Crippen LogP contribution in [0.2, 0.25) is 0 Å². The monoisotopic (exact) mass is 139 g/mol. The number of nitrogens with one attached hydrogen (secondary N) is 1. The molecule has 1 amide bonds. The van der Waals surface area contributed by atoms with E-state index < -0.39 is 0 Å². The van der Waals surface area contributed by atoms with Crippen LogP contribution in [-0.4, -0.2) is 18.0 Å². The summed E-state index contributed by atoms with van der Waals surface area (Å²) >= 11 is 6.56. The minimum Gasteiger partial charge on any atom is -0.303 e. The maximum Gasteiger partial charge on any atom is 0.216 e. The van der Waals surface area contributed by atoms with Crippen molar-refractivity contribution in [1.82, 2.24) is 4.72 Å². The van der Waals surface area contributed by atoms with E-state index in [9.17, 15) is 4.79 Å². The zero-order chi connectivity index (χ0) is 5.54. The second-order valence-corrected chi connectivity index (χ2v) is 2.08. The van der Waals surface area contributed by atoms with Crippen LogP contribution < -0.4 is 4.72 Å². The maximum absolute atomic E-state index is 9.50. The maximum atomic E-state index is 9.50. The third kappa shape index (κ3) is 6.11. The number of alkyl halides is 1. The van der Waals surface area contributed by atoms with Crippen LogP contribution in [0.3, 0.4) is 0 Å². The Balaban J connectivity index is 2.56. The van der Waals surface area contributed by atoms with Crippen LogP contribution in [0.4, 0.5) is 0 Å². The third-order valence-corrected chi connectivity index (χ3v) is 1.39. The van der Waals surface area contributed by atoms with Gasteiger partial charge in [-0.1, -0.05) is 0 Å². The molecule has 0 aromatic carbocycles. The molecule has 0 atom stereocenters. The topological polar surface area (TPSA) is 29.1 Å². The number of carbonyl (C=O) groups is 1. The second-order valence-electron chi connectivity index (χ2n) is 0.773. The largest absolute Gasteiger partial charge is 0.303 e. The van der Waals surface area contributed by atoms with Crippen LogP contribution in [0.15, 0.2) is 0 Å². The molecule has 0 bridgehead atoms. The van der Waals surface area contributed by atoms with Crippen molar-refractivity contribution in [3.63, 3.8) is 0 Å². The predicted molar refractivity (Wildman–Crippen MR) is 32.4 cm³/mol. The van der Waals surface area contributed by atoms with Gasteiger partial charge in [-0.05, 0) is 11.9 Å². The van der Waals surface area contributed by atoms with E-state index >= 15 is 0 Å². The van der Waals surface area contributed by atoms with Gasteiger partial charge >= 0.3 is 0 Å². The van der Waals surface area contributed by atoms with E-state index in [0.29, 0.717) is 12.3 Å². The lowest BCUT2D eigenvalue weighted by atomic mass is 11.0. The van der Waals surface area contributed by atoms with E-state index in [4.69, 9.17) is 11.6 Å². The number of hydrogen-bond acceptors (Lipinski definition) is 2. The average molecular weight is 140 g/mol. The van der Waals surface area contributed by atoms with Crippen LogP contribution >= 0.6 is 23.5 Å². The Kier molecular flexibility index (Phi) is 6.21. The lowest BCUT2D eigenvalue weighted by molar-refractivity contribution is -0.107. The zero-order valence-corrected chi connectivity index (χ0v) is 5.26. The van der Waals surface area contributed by atoms with Gasteiger partial charge in [0.25, 0.3) is 0 Å². The summed E-state index contributed by atoms with van der Waals surface area (Å²) in [6, 6.07) is 0. The Morgan fingerprint density at radius 3 is 3.00 bits per heavy atom. The highest BCUT2D eigenvalue weighted by atomic mass is 35.5. The quantitative estimate of drug-likeness (QED) is 0.268. The molecular formula is C3H6ClNOS. The molecule has 0 saturated carbocycles. The van der Waals surface area contributed by atoms with Crippen LogP contribution in [0.1, 0.15) is 0 Å². The van der Waals surface area contributed by atoms with Crippen molar-refractivity contribution in [3.05, 3.63) is 0 Å². The first kappa shape index (κ1) is 7.11. The minimum absolute atomic E-state index is 0.575. The normalized spacial score (nSPS) is 8.14. The molecule has 2 nitrogen and oxygen atoms in total. The van der Waals surface area contributed by atoms with Crippen molar-refractivity contribution < 1.29 is 4.79 Å². The summed E-state index contributed by atoms with van der Waals surface area (Å²) in [6.45, 7) is 0. The van der Waals surface area contributed by atoms with Crippen LogP contribution in [0.5, 0.6) is 0 Å². The first-order valence-corrected chi connectivity index (χ1v) is 3.30. The van der Waals surface area contributed by atoms with Crippen molar-refractivity contribution in [2.24, 2.45) is 0 Å². The van der Waals surface area contributed by atoms with Gasteiger partial charge in [-0.3, -0.25) is 4.79 Å². The van der Waals surface area contributed by atoms with Gasteiger partial charge in [-0.25, -0.2) is 0 Å². The number of halogens is 1. The van der Waals surface area contributed by atoms with E-state index in [0.717, 1.165) is 5.75 Å². The molecule has 0 spiro atoms. The lowest BCUT2D eigenvalue weighted by Gasteiger charge is -1.88. The summed E-state index contributed by atoms with van der Waals surface area (Å²) in [7, 11) is 0. The zero-order valence-electron chi connectivity index (χ0n) is 3.69. The molecule has 0 heterocycles. The fourth-order valence-electron chi connectivity index (χ4n) is 0.132. The third-order valence-electron chi connectivity index (χ3n) is 0.311. The fraction of sp³-hybridized carbons (Fsp3) is 0.667. The summed E-state index contributed by atoms with van der Waals surface area (Å²) in [5, 5.41) is 0. The molecule has 0 unspecified atom stereocenters. The molecule has 4 heteroatoms. The predicted octanol–water partition coefficient (Wildman–Crippen LogP) is 0.619. The molecule has 0 aliphatic heterocycles. The van der Waals surface area contributed by atoms with Crippen molar-refractivity contribution in [2.45, 2.75) is 0 Å². The Morgan fingerprint density at radius 2 is 2.57 bits per heavy atom. The molecule has 1 N–H and O–H groups in total. The molecule has 0 aromatic rings. The van der Waals surface area contributed by atoms with E-state index in [-0.39, 0.29) is 0 Å². The van der Waals surface area contributed by atoms with Gasteiger partial charge in [0.1, 0.15) is 0 Å². The van der Waals surface area contributed by atoms with Crippen molar-refractivity contribution >= 4 is 30.0 Å². The summed E-state index contributed by atoms with van der Waals surface area (Å²) in [4.78, 5) is 9.50. The van der Waals surface area contributed by atoms with E-state index in [1.54, 1.807) is 0 Å². The van der Waals surface area contributed by atoms with Gasteiger partial charge in [-0.2, -0.15) is 0 Å². The minimum atomic E-state index is 0.575. The number of rotatable bonds is 4. The highest BCUT2D eigenvalue weighted by Gasteiger charge is 1.78. The first-order valence-electron chi connectivity index (χ1n) is 1.78. The standard InChI is InChI=1S/C3H6ClNOS/c4-1-2-7-5-3-6/h3H,1-2H2,(H,5,6). The molecule has 0 saturated heterocycles. The Hall–Kier alpha value is 0.110. The summed E-state index contributed by atoms with van der Waals surface area (Å²) in [5.41, 5.74) is 0. The fourth-order valence-corrected chi connectivity index (χ4v) is 0.626. The molecule has 0 radical (unpaired) electrons. The van der Waals surface area contributed by atoms with Crippen molar-refractivity contribution in [2.75, 3.05) is 11.6 Å². The van der Waals surface area contributed by atoms with Gasteiger partial charge in [0.15, 0.2) is 0 Å². The molecule has 42 valence electrons. The Labute approximate surface area is 51.7 Å². The smallest absolute Gasteiger partial charge is 0.216 e. The van der Waals surface area contributed by atoms with Gasteiger partial charge < -0.3 is 4.72 Å². The van der Waals surface area contributed by atoms with E-state index in [1.807, 2.05) is 0 Å². The number of amides is 1. The second kappa shape index (κ2) is 6.11. The highest BCUT2D eigenvalue weighted by molar-refractivity contribution is 7.97. The van der Waals surface area contributed by atoms with Crippen LogP contribution in [0, 0.1) is 0 Å². The molecule has 0 aliphatic carbocycles. The molecule has 0 fully saturated rings. The van der Waals surface area contributed by atoms with Gasteiger partial charge in [-0.15, -0.1) is 11.6 Å². The first-order chi connectivity index (χ1) is 3.41. The Bertz CT molecular complexity index is 52.2. The van der Waals surface area contributed by atoms with Crippen molar-refractivity contribution in [1.29, 1.82) is 0 Å². The van der Waals surface area contributed by atoms with Gasteiger partial charge in [0.05, 0.1) is 0 Å². The van der Waals surface area contributed by atoms with E-state index in [2.05, 4.69) is 4.72 Å². The summed E-state index contributed by atoms with van der Waals surface area (Å²) in [6.07, 6.45) is 0.636. The van der Waals surface area contributed by atoms with Crippen LogP contribution in [0.25, 0.3) is 0 Å². The average Bonchev–Trinajstić information content (AvgIpc) is 1.69. The van der Waals surface area contributed by atoms with Gasteiger partial charge in [0.2, 0.25) is 6.41 Å². The molecule has 0 aromatic heterocycles. The Morgan fingerprint density at radius 1 is 1.86 bits per heavy atom. The lowest BCUT2D eigenvalue weighted by Crippen LogP contribution is -1.99. The van der Waals surface area contributed by atoms with Gasteiger partial charge in [0, 0.05) is 11.6 Å². The molecule has 7 heavy (non-hydrogen) atoms. The number of hydrogen-bond donors (Lipinski definition) is 1. The molecule has 0 rings (SSSR count). The molecule has 0 aliphatic rings. The molecular weight excluding hydrogens is 134 g/mol.